The highest BCUT2D eigenvalue weighted by atomic mass is 35.5. The molecule has 2 aromatic carbocycles. The van der Waals surface area contributed by atoms with Gasteiger partial charge in [-0.3, -0.25) is 19.3 Å². The van der Waals surface area contributed by atoms with E-state index in [0.717, 1.165) is 31.4 Å². The van der Waals surface area contributed by atoms with Gasteiger partial charge >= 0.3 is 0 Å². The van der Waals surface area contributed by atoms with Gasteiger partial charge in [-0.15, -0.1) is 0 Å². The third-order valence-electron chi connectivity index (χ3n) is 6.85. The number of nitrogens with zero attached hydrogens (tertiary/aromatic N) is 2. The van der Waals surface area contributed by atoms with E-state index in [4.69, 9.17) is 11.6 Å². The quantitative estimate of drug-likeness (QED) is 0.556. The standard InChI is InChI=1S/C24H23ClN2O3/c1-2-14-5-11-17(12-6-14)27-23(29)19-18-4-3-13-26(18)21(20(19)24(27)30)22(28)15-7-9-16(25)10-8-15/h5-12,18-21H,2-4,13H2,1H3/t18-,19-,20-,21-/m0/s1. The highest BCUT2D eigenvalue weighted by molar-refractivity contribution is 6.30. The Morgan fingerprint density at radius 1 is 1.00 bits per heavy atom. The molecule has 3 aliphatic heterocycles. The molecule has 3 fully saturated rings. The Hall–Kier alpha value is -2.50. The number of rotatable bonds is 4. The molecule has 0 aromatic heterocycles. The van der Waals surface area contributed by atoms with Crippen LogP contribution in [0.15, 0.2) is 48.5 Å². The Morgan fingerprint density at radius 3 is 2.33 bits per heavy atom. The first-order valence-electron chi connectivity index (χ1n) is 10.5. The molecule has 5 rings (SSSR count). The van der Waals surface area contributed by atoms with E-state index in [2.05, 4.69) is 11.8 Å². The average Bonchev–Trinajstić information content (AvgIpc) is 3.40. The minimum atomic E-state index is -0.628. The Labute approximate surface area is 180 Å². The lowest BCUT2D eigenvalue weighted by molar-refractivity contribution is -0.123. The van der Waals surface area contributed by atoms with Crippen molar-refractivity contribution >= 4 is 34.9 Å². The number of carbonyl (C=O) groups is 3. The van der Waals surface area contributed by atoms with Crippen molar-refractivity contribution in [3.05, 3.63) is 64.7 Å². The van der Waals surface area contributed by atoms with E-state index >= 15 is 0 Å². The van der Waals surface area contributed by atoms with Gasteiger partial charge in [0, 0.05) is 16.6 Å². The molecule has 0 spiro atoms. The van der Waals surface area contributed by atoms with Gasteiger partial charge in [0.25, 0.3) is 0 Å². The van der Waals surface area contributed by atoms with E-state index < -0.39 is 17.9 Å². The first kappa shape index (κ1) is 19.5. The zero-order valence-corrected chi connectivity index (χ0v) is 17.5. The van der Waals surface area contributed by atoms with Crippen LogP contribution >= 0.6 is 11.6 Å². The first-order chi connectivity index (χ1) is 14.5. The van der Waals surface area contributed by atoms with Crippen LogP contribution in [-0.2, 0) is 16.0 Å². The molecule has 30 heavy (non-hydrogen) atoms. The van der Waals surface area contributed by atoms with Crippen molar-refractivity contribution in [3.8, 4) is 0 Å². The van der Waals surface area contributed by atoms with Crippen molar-refractivity contribution in [2.24, 2.45) is 11.8 Å². The molecule has 6 heteroatoms. The Morgan fingerprint density at radius 2 is 1.67 bits per heavy atom. The Kier molecular flexibility index (Phi) is 4.75. The highest BCUT2D eigenvalue weighted by Gasteiger charge is 2.64. The van der Waals surface area contributed by atoms with Crippen molar-refractivity contribution < 1.29 is 14.4 Å². The van der Waals surface area contributed by atoms with E-state index in [9.17, 15) is 14.4 Å². The topological polar surface area (TPSA) is 57.7 Å². The lowest BCUT2D eigenvalue weighted by Gasteiger charge is -2.27. The van der Waals surface area contributed by atoms with E-state index in [1.54, 1.807) is 24.3 Å². The third-order valence-corrected chi connectivity index (χ3v) is 7.10. The van der Waals surface area contributed by atoms with Crippen molar-refractivity contribution in [2.75, 3.05) is 11.4 Å². The molecule has 3 aliphatic rings. The van der Waals surface area contributed by atoms with E-state index in [0.29, 0.717) is 16.3 Å². The predicted octanol–water partition coefficient (Wildman–Crippen LogP) is 3.74. The van der Waals surface area contributed by atoms with Crippen LogP contribution in [0.2, 0.25) is 5.02 Å². The van der Waals surface area contributed by atoms with Crippen LogP contribution < -0.4 is 4.90 Å². The molecule has 154 valence electrons. The van der Waals surface area contributed by atoms with Crippen molar-refractivity contribution in [2.45, 2.75) is 38.3 Å². The number of halogens is 1. The number of carbonyl (C=O) groups excluding carboxylic acids is 3. The molecule has 2 amide bonds. The SMILES string of the molecule is CCc1ccc(N2C(=O)[C@@H]3[C@H](C2=O)[C@@H](C(=O)c2ccc(Cl)cc2)N2CCC[C@@H]32)cc1. The molecule has 4 atom stereocenters. The van der Waals surface area contributed by atoms with Gasteiger partial charge in [-0.1, -0.05) is 30.7 Å². The number of Topliss-reactive ketones (excluding diaryl/α,β-unsaturated/α-hetero) is 1. The minimum absolute atomic E-state index is 0.0485. The number of imide groups is 1. The summed E-state index contributed by atoms with van der Waals surface area (Å²) in [5.74, 6) is -1.60. The molecule has 3 saturated heterocycles. The molecule has 0 N–H and O–H groups in total. The summed E-state index contributed by atoms with van der Waals surface area (Å²) in [4.78, 5) is 43.7. The molecule has 5 nitrogen and oxygen atoms in total. The highest BCUT2D eigenvalue weighted by Crippen LogP contribution is 2.48. The number of amides is 2. The lowest BCUT2D eigenvalue weighted by Crippen LogP contribution is -2.46. The third kappa shape index (κ3) is 2.83. The van der Waals surface area contributed by atoms with Gasteiger partial charge in [-0.05, 0) is 67.8 Å². The van der Waals surface area contributed by atoms with Crippen LogP contribution in [0.1, 0.15) is 35.7 Å². The maximum atomic E-state index is 13.5. The number of fused-ring (bicyclic) bond motifs is 3. The number of ketones is 1. The summed E-state index contributed by atoms with van der Waals surface area (Å²) in [6, 6.07) is 13.7. The number of aryl methyl sites for hydroxylation is 1. The first-order valence-corrected chi connectivity index (χ1v) is 10.9. The van der Waals surface area contributed by atoms with Crippen LogP contribution in [0.3, 0.4) is 0 Å². The molecule has 0 unspecified atom stereocenters. The number of anilines is 1. The van der Waals surface area contributed by atoms with Crippen LogP contribution in [0.25, 0.3) is 0 Å². The van der Waals surface area contributed by atoms with Crippen LogP contribution in [0.5, 0.6) is 0 Å². The van der Waals surface area contributed by atoms with Gasteiger partial charge < -0.3 is 0 Å². The molecule has 0 bridgehead atoms. The number of hydrogen-bond donors (Lipinski definition) is 0. The van der Waals surface area contributed by atoms with Gasteiger partial charge in [0.05, 0.1) is 23.6 Å². The average molecular weight is 423 g/mol. The van der Waals surface area contributed by atoms with Crippen LogP contribution in [0, 0.1) is 11.8 Å². The molecule has 2 aromatic rings. The summed E-state index contributed by atoms with van der Waals surface area (Å²) >= 11 is 5.98. The van der Waals surface area contributed by atoms with E-state index in [-0.39, 0.29) is 23.6 Å². The summed E-state index contributed by atoms with van der Waals surface area (Å²) in [6.45, 7) is 2.81. The molecule has 0 saturated carbocycles. The van der Waals surface area contributed by atoms with E-state index in [1.165, 1.54) is 4.90 Å². The van der Waals surface area contributed by atoms with Crippen molar-refractivity contribution in [1.82, 2.24) is 4.90 Å². The number of benzene rings is 2. The van der Waals surface area contributed by atoms with Crippen LogP contribution in [0.4, 0.5) is 5.69 Å². The zero-order valence-electron chi connectivity index (χ0n) is 16.8. The van der Waals surface area contributed by atoms with Crippen molar-refractivity contribution in [3.63, 3.8) is 0 Å². The molecule has 0 aliphatic carbocycles. The molecular weight excluding hydrogens is 400 g/mol. The Bertz CT molecular complexity index is 1020. The fourth-order valence-corrected chi connectivity index (χ4v) is 5.56. The molecule has 3 heterocycles. The summed E-state index contributed by atoms with van der Waals surface area (Å²) in [5.41, 5.74) is 2.27. The predicted molar refractivity (Wildman–Crippen MR) is 115 cm³/mol. The normalized spacial score (nSPS) is 28.1. The maximum Gasteiger partial charge on any atom is 0.239 e. The summed E-state index contributed by atoms with van der Waals surface area (Å²) < 4.78 is 0. The fraction of sp³-hybridized carbons (Fsp3) is 0.375. The zero-order chi connectivity index (χ0) is 21.0. The second kappa shape index (κ2) is 7.33. The maximum absolute atomic E-state index is 13.5. The second-order valence-corrected chi connectivity index (χ2v) is 8.78. The van der Waals surface area contributed by atoms with Gasteiger partial charge in [-0.25, -0.2) is 4.90 Å². The van der Waals surface area contributed by atoms with E-state index in [1.807, 2.05) is 24.3 Å². The smallest absolute Gasteiger partial charge is 0.239 e. The number of hydrogen-bond acceptors (Lipinski definition) is 4. The van der Waals surface area contributed by atoms with Gasteiger partial charge in [0.1, 0.15) is 0 Å². The molecular formula is C24H23ClN2O3. The summed E-state index contributed by atoms with van der Waals surface area (Å²) in [5, 5.41) is 0.559. The summed E-state index contributed by atoms with van der Waals surface area (Å²) in [6.07, 6.45) is 2.67. The summed E-state index contributed by atoms with van der Waals surface area (Å²) in [7, 11) is 0. The van der Waals surface area contributed by atoms with Crippen LogP contribution in [-0.4, -0.2) is 41.1 Å². The Balaban J connectivity index is 1.52. The lowest BCUT2D eigenvalue weighted by atomic mass is 9.85. The largest absolute Gasteiger partial charge is 0.292 e. The fourth-order valence-electron chi connectivity index (χ4n) is 5.44. The van der Waals surface area contributed by atoms with Gasteiger partial charge in [-0.2, -0.15) is 0 Å². The molecule has 0 radical (unpaired) electrons. The van der Waals surface area contributed by atoms with Gasteiger partial charge in [0.15, 0.2) is 5.78 Å². The second-order valence-electron chi connectivity index (χ2n) is 8.35. The van der Waals surface area contributed by atoms with Crippen molar-refractivity contribution in [1.29, 1.82) is 0 Å². The minimum Gasteiger partial charge on any atom is -0.292 e. The monoisotopic (exact) mass is 422 g/mol. The van der Waals surface area contributed by atoms with Gasteiger partial charge in [0.2, 0.25) is 11.8 Å².